The summed E-state index contributed by atoms with van der Waals surface area (Å²) in [5, 5.41) is 5.48. The van der Waals surface area contributed by atoms with Crippen molar-refractivity contribution in [2.24, 2.45) is 4.99 Å². The summed E-state index contributed by atoms with van der Waals surface area (Å²) in [6.45, 7) is 5.05. The van der Waals surface area contributed by atoms with Gasteiger partial charge in [-0.3, -0.25) is 9.79 Å². The van der Waals surface area contributed by atoms with Gasteiger partial charge in [0.15, 0.2) is 5.13 Å². The molecule has 0 radical (unpaired) electrons. The Labute approximate surface area is 148 Å². The summed E-state index contributed by atoms with van der Waals surface area (Å²) in [6, 6.07) is 6.29. The fraction of sp³-hybridized carbons (Fsp3) is 0.312. The number of hydrogen-bond donors (Lipinski definition) is 1. The van der Waals surface area contributed by atoms with E-state index in [-0.39, 0.29) is 5.91 Å². The molecule has 3 rings (SSSR count). The fourth-order valence-electron chi connectivity index (χ4n) is 2.05. The zero-order valence-electron chi connectivity index (χ0n) is 13.0. The second kappa shape index (κ2) is 7.51. The van der Waals surface area contributed by atoms with Crippen molar-refractivity contribution < 1.29 is 4.79 Å². The van der Waals surface area contributed by atoms with Crippen molar-refractivity contribution in [3.8, 4) is 11.3 Å². The molecule has 0 saturated heterocycles. The quantitative estimate of drug-likeness (QED) is 0.884. The van der Waals surface area contributed by atoms with Crippen LogP contribution in [-0.2, 0) is 4.79 Å². The second-order valence-electron chi connectivity index (χ2n) is 5.17. The van der Waals surface area contributed by atoms with Crippen molar-refractivity contribution in [3.63, 3.8) is 0 Å². The molecule has 23 heavy (non-hydrogen) atoms. The molecule has 0 saturated carbocycles. The number of amides is 1. The first kappa shape index (κ1) is 16.5. The Morgan fingerprint density at radius 2 is 2.22 bits per heavy atom. The highest BCUT2D eigenvalue weighted by Crippen LogP contribution is 2.27. The van der Waals surface area contributed by atoms with Gasteiger partial charge in [-0.15, -0.1) is 11.3 Å². The van der Waals surface area contributed by atoms with E-state index in [1.807, 2.05) is 5.38 Å². The lowest BCUT2D eigenvalue weighted by molar-refractivity contribution is -0.113. The molecule has 120 valence electrons. The minimum absolute atomic E-state index is 0.0359. The third kappa shape index (κ3) is 4.37. The molecule has 1 aliphatic rings. The zero-order valence-corrected chi connectivity index (χ0v) is 15.4. The van der Waals surface area contributed by atoms with Crippen molar-refractivity contribution in [1.82, 2.24) is 4.98 Å². The average molecular weight is 364 g/mol. The van der Waals surface area contributed by atoms with Crippen LogP contribution in [0.3, 0.4) is 0 Å². The van der Waals surface area contributed by atoms with E-state index in [2.05, 4.69) is 47.3 Å². The first-order valence-electron chi connectivity index (χ1n) is 7.25. The highest BCUT2D eigenvalue weighted by Gasteiger charge is 2.12. The summed E-state index contributed by atoms with van der Waals surface area (Å²) < 4.78 is 1.01. The van der Waals surface area contributed by atoms with E-state index >= 15 is 0 Å². The Balaban J connectivity index is 1.60. The number of carbonyl (C=O) groups is 1. The molecule has 2 aromatic rings. The van der Waals surface area contributed by atoms with Gasteiger partial charge >= 0.3 is 0 Å². The number of nitrogens with zero attached hydrogens (tertiary/aromatic N) is 2. The van der Waals surface area contributed by atoms with Gasteiger partial charge in [-0.25, -0.2) is 4.98 Å². The van der Waals surface area contributed by atoms with E-state index < -0.39 is 0 Å². The maximum atomic E-state index is 12.0. The van der Waals surface area contributed by atoms with Crippen molar-refractivity contribution >= 4 is 50.3 Å². The molecule has 1 N–H and O–H groups in total. The number of aliphatic imine (C=N–C) groups is 1. The summed E-state index contributed by atoms with van der Waals surface area (Å²) in [4.78, 5) is 20.8. The predicted molar refractivity (Wildman–Crippen MR) is 103 cm³/mol. The van der Waals surface area contributed by atoms with Gasteiger partial charge < -0.3 is 5.32 Å². The van der Waals surface area contributed by atoms with E-state index in [4.69, 9.17) is 0 Å². The SMILES string of the molecule is Cc1ccc(-c2csc(NC(=O)CSC3=NCCS3)n2)cc1C. The Morgan fingerprint density at radius 3 is 2.96 bits per heavy atom. The highest BCUT2D eigenvalue weighted by atomic mass is 32.2. The predicted octanol–water partition coefficient (Wildman–Crippen LogP) is 4.20. The van der Waals surface area contributed by atoms with Crippen molar-refractivity contribution in [2.45, 2.75) is 13.8 Å². The van der Waals surface area contributed by atoms with Crippen molar-refractivity contribution in [2.75, 3.05) is 23.4 Å². The summed E-state index contributed by atoms with van der Waals surface area (Å²) in [7, 11) is 0. The summed E-state index contributed by atoms with van der Waals surface area (Å²) in [5.74, 6) is 1.37. The lowest BCUT2D eigenvalue weighted by atomic mass is 10.1. The average Bonchev–Trinajstić information content (AvgIpc) is 3.19. The lowest BCUT2D eigenvalue weighted by Crippen LogP contribution is -2.14. The van der Waals surface area contributed by atoms with Gasteiger partial charge in [-0.1, -0.05) is 35.7 Å². The molecule has 2 heterocycles. The Hall–Kier alpha value is -1.31. The van der Waals surface area contributed by atoms with Crippen LogP contribution in [0.5, 0.6) is 0 Å². The van der Waals surface area contributed by atoms with Gasteiger partial charge in [0.2, 0.25) is 5.91 Å². The van der Waals surface area contributed by atoms with Crippen LogP contribution >= 0.6 is 34.9 Å². The number of benzene rings is 1. The second-order valence-corrected chi connectivity index (χ2v) is 8.33. The van der Waals surface area contributed by atoms with E-state index in [0.717, 1.165) is 27.9 Å². The third-order valence-corrected chi connectivity index (χ3v) is 6.45. The molecule has 1 aromatic heterocycles. The van der Waals surface area contributed by atoms with Crippen LogP contribution in [0.25, 0.3) is 11.3 Å². The molecule has 1 aromatic carbocycles. The molecule has 0 unspecified atom stereocenters. The molecule has 0 spiro atoms. The van der Waals surface area contributed by atoms with Gasteiger partial charge in [-0.05, 0) is 31.0 Å². The third-order valence-electron chi connectivity index (χ3n) is 3.44. The highest BCUT2D eigenvalue weighted by molar-refractivity contribution is 8.39. The van der Waals surface area contributed by atoms with Gasteiger partial charge in [0.1, 0.15) is 4.38 Å². The minimum Gasteiger partial charge on any atom is -0.301 e. The molecule has 0 aliphatic carbocycles. The number of rotatable bonds is 4. The summed E-state index contributed by atoms with van der Waals surface area (Å²) >= 11 is 4.66. The van der Waals surface area contributed by atoms with Crippen LogP contribution in [0.2, 0.25) is 0 Å². The monoisotopic (exact) mass is 363 g/mol. The number of hydrogen-bond acceptors (Lipinski definition) is 6. The topological polar surface area (TPSA) is 54.4 Å². The lowest BCUT2D eigenvalue weighted by Gasteiger charge is -2.03. The van der Waals surface area contributed by atoms with E-state index in [9.17, 15) is 4.79 Å². The number of nitrogens with one attached hydrogen (secondary N) is 1. The molecule has 0 atom stereocenters. The van der Waals surface area contributed by atoms with Crippen LogP contribution in [0, 0.1) is 13.8 Å². The molecule has 4 nitrogen and oxygen atoms in total. The van der Waals surface area contributed by atoms with E-state index in [0.29, 0.717) is 10.9 Å². The maximum Gasteiger partial charge on any atom is 0.236 e. The number of thiazole rings is 1. The standard InChI is InChI=1S/C16H17N3OS3/c1-10-3-4-12(7-11(10)2)13-8-22-15(18-13)19-14(20)9-23-16-17-5-6-21-16/h3-4,7-8H,5-6,9H2,1-2H3,(H,18,19,20). The molecular weight excluding hydrogens is 346 g/mol. The van der Waals surface area contributed by atoms with Gasteiger partial charge in [0, 0.05) is 16.7 Å². The molecule has 0 bridgehead atoms. The number of aryl methyl sites for hydroxylation is 2. The Kier molecular flexibility index (Phi) is 5.40. The van der Waals surface area contributed by atoms with Crippen LogP contribution in [0.15, 0.2) is 28.6 Å². The van der Waals surface area contributed by atoms with Gasteiger partial charge in [0.05, 0.1) is 18.0 Å². The van der Waals surface area contributed by atoms with Crippen molar-refractivity contribution in [3.05, 3.63) is 34.7 Å². The summed E-state index contributed by atoms with van der Waals surface area (Å²) in [5.41, 5.74) is 4.49. The molecule has 1 aliphatic heterocycles. The van der Waals surface area contributed by atoms with Gasteiger partial charge in [-0.2, -0.15) is 0 Å². The van der Waals surface area contributed by atoms with Crippen LogP contribution in [0.1, 0.15) is 11.1 Å². The minimum atomic E-state index is -0.0359. The van der Waals surface area contributed by atoms with Gasteiger partial charge in [0.25, 0.3) is 0 Å². The zero-order chi connectivity index (χ0) is 16.2. The Morgan fingerprint density at radius 1 is 1.35 bits per heavy atom. The smallest absolute Gasteiger partial charge is 0.236 e. The first-order valence-corrected chi connectivity index (χ1v) is 10.1. The van der Waals surface area contributed by atoms with Crippen molar-refractivity contribution in [1.29, 1.82) is 0 Å². The molecule has 1 amide bonds. The molecule has 7 heteroatoms. The number of aromatic nitrogens is 1. The molecule has 0 fully saturated rings. The van der Waals surface area contributed by atoms with Crippen LogP contribution in [0.4, 0.5) is 5.13 Å². The summed E-state index contributed by atoms with van der Waals surface area (Å²) in [6.07, 6.45) is 0. The first-order chi connectivity index (χ1) is 11.1. The Bertz CT molecular complexity index is 755. The van der Waals surface area contributed by atoms with E-state index in [1.165, 1.54) is 34.2 Å². The maximum absolute atomic E-state index is 12.0. The number of thioether (sulfide) groups is 2. The largest absolute Gasteiger partial charge is 0.301 e. The number of carbonyl (C=O) groups excluding carboxylic acids is 1. The molecular formula is C16H17N3OS3. The normalized spacial score (nSPS) is 13.9. The number of anilines is 1. The van der Waals surface area contributed by atoms with Crippen LogP contribution in [-0.4, -0.2) is 33.3 Å². The van der Waals surface area contributed by atoms with E-state index in [1.54, 1.807) is 11.8 Å². The van der Waals surface area contributed by atoms with Crippen LogP contribution < -0.4 is 5.32 Å². The fourth-order valence-corrected chi connectivity index (χ4v) is 4.60.